The number of nitriles is 1. The number of pyridine rings is 1. The lowest BCUT2D eigenvalue weighted by Crippen LogP contribution is -2.23. The molecule has 2 saturated heterocycles. The monoisotopic (exact) mass is 568 g/mol. The van der Waals surface area contributed by atoms with Crippen LogP contribution < -0.4 is 10.9 Å². The van der Waals surface area contributed by atoms with Crippen molar-refractivity contribution in [3.63, 3.8) is 0 Å². The average Bonchev–Trinajstić information content (AvgIpc) is 3.62. The highest BCUT2D eigenvalue weighted by molar-refractivity contribution is 9.10. The van der Waals surface area contributed by atoms with Gasteiger partial charge in [-0.25, -0.2) is 9.37 Å². The molecule has 10 heteroatoms. The normalized spacial score (nSPS) is 19.0. The summed E-state index contributed by atoms with van der Waals surface area (Å²) >= 11 is 4.76. The molecule has 186 valence electrons. The predicted octanol–water partition coefficient (Wildman–Crippen LogP) is 5.33. The zero-order chi connectivity index (χ0) is 25.4. The zero-order valence-electron chi connectivity index (χ0n) is 20.0. The molecule has 2 bridgehead atoms. The molecule has 2 aliphatic heterocycles. The van der Waals surface area contributed by atoms with Gasteiger partial charge in [0.15, 0.2) is 5.82 Å². The second kappa shape index (κ2) is 10.3. The fourth-order valence-corrected chi connectivity index (χ4v) is 6.03. The summed E-state index contributed by atoms with van der Waals surface area (Å²) in [6, 6.07) is 6.61. The first-order valence-corrected chi connectivity index (χ1v) is 13.9. The number of nitrogens with zero attached hydrogens (tertiary/aromatic N) is 4. The van der Waals surface area contributed by atoms with E-state index < -0.39 is 5.82 Å². The van der Waals surface area contributed by atoms with E-state index in [1.165, 1.54) is 37.3 Å². The largest absolute Gasteiger partial charge is 0.356 e. The van der Waals surface area contributed by atoms with Crippen molar-refractivity contribution in [2.75, 3.05) is 12.8 Å². The quantitative estimate of drug-likeness (QED) is 0.316. The van der Waals surface area contributed by atoms with Crippen molar-refractivity contribution in [1.82, 2.24) is 24.8 Å². The molecule has 3 aliphatic rings. The number of H-pyrrole nitrogens is 1. The van der Waals surface area contributed by atoms with Gasteiger partial charge < -0.3 is 14.9 Å². The molecule has 0 spiro atoms. The van der Waals surface area contributed by atoms with Crippen molar-refractivity contribution in [2.45, 2.75) is 49.7 Å². The van der Waals surface area contributed by atoms with Crippen LogP contribution in [0, 0.1) is 23.1 Å². The molecule has 7 nitrogen and oxygen atoms in total. The van der Waals surface area contributed by atoms with Crippen LogP contribution in [-0.4, -0.2) is 38.4 Å². The summed E-state index contributed by atoms with van der Waals surface area (Å²) in [4.78, 5) is 24.0. The van der Waals surface area contributed by atoms with Gasteiger partial charge >= 0.3 is 0 Å². The van der Waals surface area contributed by atoms with E-state index in [1.54, 1.807) is 17.0 Å². The second-order valence-electron chi connectivity index (χ2n) is 9.29. The standard InChI is InChI=1S/C21H17BrFN5OS.C5H9N/c1-11(28-7-6-25-10-16(28)29)15-9-14-19(26-15)13-8-12(4-3-5-24)17(22)18(23)20(13)27-21(14)30-2;1-4-2-5(1)6-3-4/h6-11,26H,3-4H2,1-2H3;4-6H,1-3H2. The van der Waals surface area contributed by atoms with Crippen LogP contribution in [0.1, 0.15) is 43.5 Å². The number of aromatic amines is 1. The van der Waals surface area contributed by atoms with E-state index in [-0.39, 0.29) is 17.1 Å². The molecule has 1 saturated carbocycles. The summed E-state index contributed by atoms with van der Waals surface area (Å²) in [5.74, 6) is 0.641. The van der Waals surface area contributed by atoms with Gasteiger partial charge in [0.25, 0.3) is 5.56 Å². The number of hydrogen-bond donors (Lipinski definition) is 2. The van der Waals surface area contributed by atoms with E-state index in [0.29, 0.717) is 27.7 Å². The van der Waals surface area contributed by atoms with Gasteiger partial charge in [-0.2, -0.15) is 5.26 Å². The van der Waals surface area contributed by atoms with Gasteiger partial charge in [-0.3, -0.25) is 9.78 Å². The Kier molecular flexibility index (Phi) is 7.15. The molecule has 0 amide bonds. The number of hydrogen-bond acceptors (Lipinski definition) is 6. The van der Waals surface area contributed by atoms with Crippen molar-refractivity contribution in [3.8, 4) is 6.07 Å². The van der Waals surface area contributed by atoms with Crippen molar-refractivity contribution in [3.05, 3.63) is 62.6 Å². The van der Waals surface area contributed by atoms with Gasteiger partial charge in [0.2, 0.25) is 0 Å². The Bertz CT molecular complexity index is 1520. The van der Waals surface area contributed by atoms with Gasteiger partial charge in [0, 0.05) is 41.3 Å². The maximum Gasteiger partial charge on any atom is 0.269 e. The summed E-state index contributed by atoms with van der Waals surface area (Å²) in [5.41, 5.74) is 2.35. The maximum absolute atomic E-state index is 15.1. The molecule has 1 aromatic carbocycles. The maximum atomic E-state index is 15.1. The summed E-state index contributed by atoms with van der Waals surface area (Å²) in [5, 5.41) is 14.5. The van der Waals surface area contributed by atoms with Crippen molar-refractivity contribution >= 4 is 49.5 Å². The average molecular weight is 570 g/mol. The second-order valence-corrected chi connectivity index (χ2v) is 10.9. The Morgan fingerprint density at radius 1 is 1.36 bits per heavy atom. The highest BCUT2D eigenvalue weighted by Gasteiger charge is 2.35. The van der Waals surface area contributed by atoms with Gasteiger partial charge in [-0.1, -0.05) is 0 Å². The minimum Gasteiger partial charge on any atom is -0.356 e. The highest BCUT2D eigenvalue weighted by atomic mass is 79.9. The molecule has 0 radical (unpaired) electrons. The van der Waals surface area contributed by atoms with Crippen LogP contribution in [-0.2, 0) is 6.42 Å². The number of halogens is 2. The molecule has 1 aliphatic carbocycles. The van der Waals surface area contributed by atoms with E-state index in [1.807, 2.05) is 25.3 Å². The van der Waals surface area contributed by atoms with Crippen LogP contribution in [0.2, 0.25) is 0 Å². The minimum absolute atomic E-state index is 0.203. The third-order valence-corrected chi connectivity index (χ3v) is 8.61. The number of nitrogens with one attached hydrogen (secondary N) is 2. The molecule has 1 atom stereocenters. The molecule has 3 fully saturated rings. The molecular weight excluding hydrogens is 543 g/mol. The third-order valence-electron chi connectivity index (χ3n) is 7.06. The zero-order valence-corrected chi connectivity index (χ0v) is 22.4. The van der Waals surface area contributed by atoms with Crippen molar-refractivity contribution in [2.24, 2.45) is 5.92 Å². The SMILES string of the molecule is C1NC2CC1C2.CSc1nc2c(F)c(Br)c(CCC#N)cc2c2[nH]c(C(C)n3ccncc3=O)cc12. The fraction of sp³-hybridized carbons (Fsp3) is 0.385. The molecule has 4 aromatic rings. The van der Waals surface area contributed by atoms with Crippen LogP contribution in [0.4, 0.5) is 4.39 Å². The van der Waals surface area contributed by atoms with Gasteiger partial charge in [-0.15, -0.1) is 11.8 Å². The molecule has 5 heterocycles. The summed E-state index contributed by atoms with van der Waals surface area (Å²) in [6.07, 6.45) is 10.1. The minimum atomic E-state index is -0.438. The van der Waals surface area contributed by atoms with Crippen molar-refractivity contribution in [1.29, 1.82) is 5.26 Å². The molecular formula is C26H26BrFN6OS. The Labute approximate surface area is 220 Å². The number of aromatic nitrogens is 4. The predicted molar refractivity (Wildman–Crippen MR) is 144 cm³/mol. The molecule has 1 unspecified atom stereocenters. The number of fused-ring (bicyclic) bond motifs is 4. The summed E-state index contributed by atoms with van der Waals surface area (Å²) in [7, 11) is 0. The highest BCUT2D eigenvalue weighted by Crippen LogP contribution is 2.37. The fourth-order valence-electron chi connectivity index (χ4n) is 4.97. The number of benzene rings is 1. The smallest absolute Gasteiger partial charge is 0.269 e. The molecule has 3 aromatic heterocycles. The van der Waals surface area contributed by atoms with E-state index in [2.05, 4.69) is 42.3 Å². The lowest BCUT2D eigenvalue weighted by Gasteiger charge is -2.19. The number of thioether (sulfide) groups is 1. The third kappa shape index (κ3) is 4.56. The Hall–Kier alpha value is -2.74. The van der Waals surface area contributed by atoms with Crippen LogP contribution >= 0.6 is 27.7 Å². The molecule has 2 N–H and O–H groups in total. The topological polar surface area (TPSA) is 99.4 Å². The van der Waals surface area contributed by atoms with E-state index in [9.17, 15) is 4.79 Å². The first kappa shape index (κ1) is 24.9. The lowest BCUT2D eigenvalue weighted by atomic mass is 9.87. The summed E-state index contributed by atoms with van der Waals surface area (Å²) in [6.45, 7) is 3.22. The Morgan fingerprint density at radius 2 is 2.17 bits per heavy atom. The number of rotatable bonds is 5. The van der Waals surface area contributed by atoms with Gasteiger partial charge in [0.1, 0.15) is 10.5 Å². The summed E-state index contributed by atoms with van der Waals surface area (Å²) < 4.78 is 17.1. The Morgan fingerprint density at radius 3 is 2.78 bits per heavy atom. The van der Waals surface area contributed by atoms with Crippen LogP contribution in [0.15, 0.2) is 45.0 Å². The van der Waals surface area contributed by atoms with Gasteiger partial charge in [0.05, 0.1) is 28.3 Å². The van der Waals surface area contributed by atoms with Gasteiger partial charge in [-0.05, 0) is 78.5 Å². The van der Waals surface area contributed by atoms with Crippen LogP contribution in [0.25, 0.3) is 21.8 Å². The van der Waals surface area contributed by atoms with E-state index in [4.69, 9.17) is 5.26 Å². The van der Waals surface area contributed by atoms with Crippen LogP contribution in [0.3, 0.4) is 0 Å². The first-order valence-electron chi connectivity index (χ1n) is 11.9. The van der Waals surface area contributed by atoms with Crippen LogP contribution in [0.5, 0.6) is 0 Å². The number of aryl methyl sites for hydroxylation is 1. The van der Waals surface area contributed by atoms with E-state index in [0.717, 1.165) is 34.1 Å². The first-order chi connectivity index (χ1) is 17.4. The van der Waals surface area contributed by atoms with Crippen molar-refractivity contribution < 1.29 is 4.39 Å². The lowest BCUT2D eigenvalue weighted by molar-refractivity contribution is 0.372. The Balaban J connectivity index is 0.000000382. The van der Waals surface area contributed by atoms with E-state index >= 15 is 4.39 Å². The molecule has 7 rings (SSSR count). The molecule has 36 heavy (non-hydrogen) atoms.